The fourth-order valence-electron chi connectivity index (χ4n) is 1.98. The van der Waals surface area contributed by atoms with Crippen LogP contribution in [0.1, 0.15) is 19.4 Å². The molecule has 1 rings (SSSR count). The van der Waals surface area contributed by atoms with Gasteiger partial charge in [-0.3, -0.25) is 4.79 Å². The molecule has 0 spiro atoms. The summed E-state index contributed by atoms with van der Waals surface area (Å²) in [6, 6.07) is 6.38. The second-order valence-corrected chi connectivity index (χ2v) is 6.03. The standard InChI is InChI=1S/C15H22FNO2S/c1-10(8-12-6-4-5-7-13(12)16)15(19)17-11(2)14(9-18)20-3/h4-7,10-11,14,18H,8-9H2,1-3H3,(H,17,19). The Kier molecular flexibility index (Phi) is 7.02. The number of nitrogens with one attached hydrogen (secondary N) is 1. The summed E-state index contributed by atoms with van der Waals surface area (Å²) in [7, 11) is 0. The minimum Gasteiger partial charge on any atom is -0.395 e. The Bertz CT molecular complexity index is 438. The molecule has 0 bridgehead atoms. The van der Waals surface area contributed by atoms with Crippen LogP contribution in [0.4, 0.5) is 4.39 Å². The Morgan fingerprint density at radius 2 is 2.05 bits per heavy atom. The number of carbonyl (C=O) groups is 1. The van der Waals surface area contributed by atoms with Crippen LogP contribution in [0.5, 0.6) is 0 Å². The molecule has 0 heterocycles. The monoisotopic (exact) mass is 299 g/mol. The molecule has 0 fully saturated rings. The molecular weight excluding hydrogens is 277 g/mol. The fourth-order valence-corrected chi connectivity index (χ4v) is 2.61. The average molecular weight is 299 g/mol. The topological polar surface area (TPSA) is 49.3 Å². The third-order valence-electron chi connectivity index (χ3n) is 3.34. The van der Waals surface area contributed by atoms with Gasteiger partial charge < -0.3 is 10.4 Å². The number of halogens is 1. The van der Waals surface area contributed by atoms with Crippen LogP contribution >= 0.6 is 11.8 Å². The van der Waals surface area contributed by atoms with Gasteiger partial charge in [0.2, 0.25) is 5.91 Å². The average Bonchev–Trinajstić information content (AvgIpc) is 2.42. The molecule has 0 aliphatic carbocycles. The molecule has 0 radical (unpaired) electrons. The molecule has 2 N–H and O–H groups in total. The Labute approximate surface area is 124 Å². The Hall–Kier alpha value is -1.07. The molecular formula is C15H22FNO2S. The van der Waals surface area contributed by atoms with E-state index in [-0.39, 0.29) is 35.5 Å². The summed E-state index contributed by atoms with van der Waals surface area (Å²) in [4.78, 5) is 12.1. The van der Waals surface area contributed by atoms with Gasteiger partial charge >= 0.3 is 0 Å². The largest absolute Gasteiger partial charge is 0.395 e. The van der Waals surface area contributed by atoms with Crippen molar-refractivity contribution >= 4 is 17.7 Å². The summed E-state index contributed by atoms with van der Waals surface area (Å²) in [5.41, 5.74) is 0.548. The van der Waals surface area contributed by atoms with Crippen molar-refractivity contribution in [3.8, 4) is 0 Å². The molecule has 1 aromatic rings. The van der Waals surface area contributed by atoms with Crippen molar-refractivity contribution in [3.63, 3.8) is 0 Å². The zero-order valence-corrected chi connectivity index (χ0v) is 12.9. The maximum atomic E-state index is 13.5. The van der Waals surface area contributed by atoms with Crippen molar-refractivity contribution in [3.05, 3.63) is 35.6 Å². The van der Waals surface area contributed by atoms with Gasteiger partial charge in [-0.05, 0) is 31.2 Å². The van der Waals surface area contributed by atoms with Crippen LogP contribution in [-0.4, -0.2) is 35.2 Å². The van der Waals surface area contributed by atoms with E-state index in [9.17, 15) is 14.3 Å². The summed E-state index contributed by atoms with van der Waals surface area (Å²) in [5, 5.41) is 12.0. The normalized spacial score (nSPS) is 15.4. The number of hydrogen-bond acceptors (Lipinski definition) is 3. The number of aliphatic hydroxyl groups excluding tert-OH is 1. The first kappa shape index (κ1) is 17.0. The number of benzene rings is 1. The van der Waals surface area contributed by atoms with Gasteiger partial charge in [0, 0.05) is 17.2 Å². The highest BCUT2D eigenvalue weighted by molar-refractivity contribution is 7.99. The van der Waals surface area contributed by atoms with Gasteiger partial charge in [-0.1, -0.05) is 25.1 Å². The molecule has 20 heavy (non-hydrogen) atoms. The van der Waals surface area contributed by atoms with Crippen LogP contribution < -0.4 is 5.32 Å². The van der Waals surface area contributed by atoms with E-state index in [4.69, 9.17) is 0 Å². The lowest BCUT2D eigenvalue weighted by Crippen LogP contribution is -2.43. The van der Waals surface area contributed by atoms with E-state index in [1.54, 1.807) is 25.1 Å². The highest BCUT2D eigenvalue weighted by Gasteiger charge is 2.21. The van der Waals surface area contributed by atoms with Gasteiger partial charge in [-0.2, -0.15) is 11.8 Å². The molecule has 0 aromatic heterocycles. The van der Waals surface area contributed by atoms with E-state index in [0.29, 0.717) is 12.0 Å². The lowest BCUT2D eigenvalue weighted by Gasteiger charge is -2.23. The Balaban J connectivity index is 2.57. The molecule has 3 nitrogen and oxygen atoms in total. The van der Waals surface area contributed by atoms with Gasteiger partial charge in [0.1, 0.15) is 5.82 Å². The quantitative estimate of drug-likeness (QED) is 0.812. The van der Waals surface area contributed by atoms with E-state index in [0.717, 1.165) is 0 Å². The second-order valence-electron chi connectivity index (χ2n) is 4.95. The summed E-state index contributed by atoms with van der Waals surface area (Å²) >= 11 is 1.51. The van der Waals surface area contributed by atoms with Gasteiger partial charge in [0.25, 0.3) is 0 Å². The van der Waals surface area contributed by atoms with E-state index in [2.05, 4.69) is 5.32 Å². The number of thioether (sulfide) groups is 1. The molecule has 0 saturated heterocycles. The summed E-state index contributed by atoms with van der Waals surface area (Å²) < 4.78 is 13.5. The smallest absolute Gasteiger partial charge is 0.223 e. The zero-order chi connectivity index (χ0) is 15.1. The van der Waals surface area contributed by atoms with E-state index in [1.807, 2.05) is 13.2 Å². The van der Waals surface area contributed by atoms with Crippen LogP contribution in [0.2, 0.25) is 0 Å². The first-order chi connectivity index (χ1) is 9.49. The molecule has 0 aliphatic rings. The summed E-state index contributed by atoms with van der Waals surface area (Å²) in [6.07, 6.45) is 2.26. The fraction of sp³-hybridized carbons (Fsp3) is 0.533. The minimum absolute atomic E-state index is 0.0182. The molecule has 112 valence electrons. The highest BCUT2D eigenvalue weighted by atomic mass is 32.2. The van der Waals surface area contributed by atoms with Crippen LogP contribution in [-0.2, 0) is 11.2 Å². The van der Waals surface area contributed by atoms with Crippen LogP contribution in [0.25, 0.3) is 0 Å². The third-order valence-corrected chi connectivity index (χ3v) is 4.50. The molecule has 0 aliphatic heterocycles. The number of aliphatic hydroxyl groups is 1. The SMILES string of the molecule is CSC(CO)C(C)NC(=O)C(C)Cc1ccccc1F. The summed E-state index contributed by atoms with van der Waals surface area (Å²) in [5.74, 6) is -0.707. The molecule has 5 heteroatoms. The highest BCUT2D eigenvalue weighted by Crippen LogP contribution is 2.14. The van der Waals surface area contributed by atoms with Gasteiger partial charge in [-0.25, -0.2) is 4.39 Å². The van der Waals surface area contributed by atoms with Crippen molar-refractivity contribution in [2.75, 3.05) is 12.9 Å². The Morgan fingerprint density at radius 1 is 1.40 bits per heavy atom. The van der Waals surface area contributed by atoms with Crippen LogP contribution in [0.3, 0.4) is 0 Å². The molecule has 3 atom stereocenters. The van der Waals surface area contributed by atoms with E-state index >= 15 is 0 Å². The van der Waals surface area contributed by atoms with E-state index < -0.39 is 0 Å². The first-order valence-corrected chi connectivity index (χ1v) is 7.95. The molecule has 3 unspecified atom stereocenters. The third kappa shape index (κ3) is 4.80. The summed E-state index contributed by atoms with van der Waals surface area (Å²) in [6.45, 7) is 3.66. The number of amides is 1. The van der Waals surface area contributed by atoms with Crippen molar-refractivity contribution in [2.45, 2.75) is 31.6 Å². The number of hydrogen-bond donors (Lipinski definition) is 2. The van der Waals surface area contributed by atoms with Gasteiger partial charge in [0.15, 0.2) is 0 Å². The maximum Gasteiger partial charge on any atom is 0.223 e. The predicted octanol–water partition coefficient (Wildman–Crippen LogP) is 2.23. The lowest BCUT2D eigenvalue weighted by molar-refractivity contribution is -0.125. The predicted molar refractivity (Wildman–Crippen MR) is 81.3 cm³/mol. The van der Waals surface area contributed by atoms with Crippen molar-refractivity contribution in [1.82, 2.24) is 5.32 Å². The molecule has 1 aromatic carbocycles. The van der Waals surface area contributed by atoms with Crippen molar-refractivity contribution in [1.29, 1.82) is 0 Å². The van der Waals surface area contributed by atoms with Gasteiger partial charge in [-0.15, -0.1) is 0 Å². The molecule has 0 saturated carbocycles. The number of carbonyl (C=O) groups excluding carboxylic acids is 1. The molecule has 1 amide bonds. The maximum absolute atomic E-state index is 13.5. The first-order valence-electron chi connectivity index (χ1n) is 6.67. The van der Waals surface area contributed by atoms with Gasteiger partial charge in [0.05, 0.1) is 6.61 Å². The van der Waals surface area contributed by atoms with Crippen LogP contribution in [0, 0.1) is 11.7 Å². The van der Waals surface area contributed by atoms with Crippen molar-refractivity contribution in [2.24, 2.45) is 5.92 Å². The zero-order valence-electron chi connectivity index (χ0n) is 12.1. The second kappa shape index (κ2) is 8.27. The Morgan fingerprint density at radius 3 is 2.60 bits per heavy atom. The minimum atomic E-state index is -0.310. The van der Waals surface area contributed by atoms with Crippen LogP contribution in [0.15, 0.2) is 24.3 Å². The number of rotatable bonds is 7. The van der Waals surface area contributed by atoms with Crippen molar-refractivity contribution < 1.29 is 14.3 Å². The lowest BCUT2D eigenvalue weighted by atomic mass is 9.99. The van der Waals surface area contributed by atoms with E-state index in [1.165, 1.54) is 17.8 Å².